The van der Waals surface area contributed by atoms with Crippen LogP contribution in [0, 0.1) is 40.4 Å². The van der Waals surface area contributed by atoms with E-state index in [0.29, 0.717) is 48.7 Å². The fourth-order valence-corrected chi connectivity index (χ4v) is 10.2. The minimum atomic E-state index is -0.213. The Kier molecular flexibility index (Phi) is 7.56. The molecule has 0 aromatic rings. The lowest BCUT2D eigenvalue weighted by atomic mass is 9.44. The molecule has 5 fully saturated rings. The molecule has 0 spiro atoms. The van der Waals surface area contributed by atoms with Gasteiger partial charge in [-0.15, -0.1) is 0 Å². The molecule has 1 N–H and O–H groups in total. The van der Waals surface area contributed by atoms with Gasteiger partial charge in [-0.2, -0.15) is 0 Å². The van der Waals surface area contributed by atoms with Gasteiger partial charge in [-0.05, 0) is 99.5 Å². The molecule has 0 unspecified atom stereocenters. The monoisotopic (exact) mass is 503 g/mol. The SMILES string of the molecule is C[C@]12CC[C@@H](O)C[C@@H]1CC[C@H]1[C@@H]3CC[C@H](C(=O)CCSC(=O)CN4CCCCC4)[C@@]3(C)CC(=O)[C@@H]12. The molecule has 0 bridgehead atoms. The van der Waals surface area contributed by atoms with Crippen molar-refractivity contribution in [1.82, 2.24) is 4.90 Å². The van der Waals surface area contributed by atoms with Gasteiger partial charge in [-0.1, -0.05) is 32.0 Å². The average molecular weight is 504 g/mol. The molecule has 196 valence electrons. The third-order valence-electron chi connectivity index (χ3n) is 11.1. The van der Waals surface area contributed by atoms with Crippen LogP contribution >= 0.6 is 11.8 Å². The number of hydrogen-bond acceptors (Lipinski definition) is 6. The number of thioether (sulfide) groups is 1. The lowest BCUT2D eigenvalue weighted by Gasteiger charge is -2.59. The van der Waals surface area contributed by atoms with Crippen LogP contribution in [0.3, 0.4) is 0 Å². The molecule has 5 aliphatic rings. The van der Waals surface area contributed by atoms with E-state index in [2.05, 4.69) is 18.7 Å². The number of nitrogens with zero attached hydrogens (tertiary/aromatic N) is 1. The summed E-state index contributed by atoms with van der Waals surface area (Å²) >= 11 is 1.33. The van der Waals surface area contributed by atoms with Crippen LogP contribution in [0.2, 0.25) is 0 Å². The van der Waals surface area contributed by atoms with Crippen LogP contribution in [-0.4, -0.2) is 58.2 Å². The highest BCUT2D eigenvalue weighted by Crippen LogP contribution is 2.66. The van der Waals surface area contributed by atoms with E-state index in [9.17, 15) is 19.5 Å². The van der Waals surface area contributed by atoms with Crippen LogP contribution in [0.25, 0.3) is 0 Å². The number of rotatable bonds is 6. The lowest BCUT2D eigenvalue weighted by molar-refractivity contribution is -0.162. The molecular formula is C29H45NO4S. The van der Waals surface area contributed by atoms with Gasteiger partial charge < -0.3 is 5.11 Å². The number of ketones is 2. The van der Waals surface area contributed by atoms with Crippen molar-refractivity contribution in [1.29, 1.82) is 0 Å². The highest BCUT2D eigenvalue weighted by Gasteiger charge is 2.63. The third kappa shape index (κ3) is 4.81. The normalized spacial score (nSPS) is 43.8. The number of Topliss-reactive ketones (excluding diaryl/α,β-unsaturated/α-hetero) is 2. The van der Waals surface area contributed by atoms with Crippen molar-refractivity contribution < 1.29 is 19.5 Å². The summed E-state index contributed by atoms with van der Waals surface area (Å²) in [6.07, 6.45) is 11.2. The first-order chi connectivity index (χ1) is 16.7. The Balaban J connectivity index is 1.19. The summed E-state index contributed by atoms with van der Waals surface area (Å²) in [5.41, 5.74) is -0.191. The van der Waals surface area contributed by atoms with E-state index in [1.165, 1.54) is 31.0 Å². The molecule has 8 atom stereocenters. The Morgan fingerprint density at radius 2 is 1.80 bits per heavy atom. The molecule has 5 rings (SSSR count). The molecule has 0 radical (unpaired) electrons. The van der Waals surface area contributed by atoms with Gasteiger partial charge in [0, 0.05) is 30.4 Å². The van der Waals surface area contributed by atoms with Crippen molar-refractivity contribution in [3.8, 4) is 0 Å². The van der Waals surface area contributed by atoms with Crippen LogP contribution in [0.15, 0.2) is 0 Å². The average Bonchev–Trinajstić information content (AvgIpc) is 3.16. The third-order valence-corrected chi connectivity index (χ3v) is 12.0. The van der Waals surface area contributed by atoms with Gasteiger partial charge in [0.2, 0.25) is 5.12 Å². The highest BCUT2D eigenvalue weighted by atomic mass is 32.2. The summed E-state index contributed by atoms with van der Waals surface area (Å²) in [5, 5.41) is 10.4. The first-order valence-corrected chi connectivity index (χ1v) is 15.3. The summed E-state index contributed by atoms with van der Waals surface area (Å²) in [5.74, 6) is 2.64. The molecule has 0 amide bonds. The molecule has 1 saturated heterocycles. The van der Waals surface area contributed by atoms with Crippen molar-refractivity contribution in [3.63, 3.8) is 0 Å². The van der Waals surface area contributed by atoms with Crippen molar-refractivity contribution in [2.24, 2.45) is 40.4 Å². The Labute approximate surface area is 215 Å². The van der Waals surface area contributed by atoms with Gasteiger partial charge >= 0.3 is 0 Å². The van der Waals surface area contributed by atoms with Crippen molar-refractivity contribution in [3.05, 3.63) is 0 Å². The zero-order valence-electron chi connectivity index (χ0n) is 21.8. The molecule has 1 heterocycles. The van der Waals surface area contributed by atoms with Crippen LogP contribution in [0.1, 0.15) is 90.9 Å². The quantitative estimate of drug-likeness (QED) is 0.556. The number of aliphatic hydroxyl groups excluding tert-OH is 1. The molecule has 0 aromatic carbocycles. The number of hydrogen-bond donors (Lipinski definition) is 1. The van der Waals surface area contributed by atoms with Crippen LogP contribution in [0.4, 0.5) is 0 Å². The van der Waals surface area contributed by atoms with Crippen LogP contribution in [0.5, 0.6) is 0 Å². The number of likely N-dealkylation sites (tertiary alicyclic amines) is 1. The van der Waals surface area contributed by atoms with E-state index in [1.807, 2.05) is 0 Å². The van der Waals surface area contributed by atoms with Crippen LogP contribution < -0.4 is 0 Å². The van der Waals surface area contributed by atoms with E-state index in [1.54, 1.807) is 0 Å². The highest BCUT2D eigenvalue weighted by molar-refractivity contribution is 8.13. The molecule has 35 heavy (non-hydrogen) atoms. The predicted octanol–water partition coefficient (Wildman–Crippen LogP) is 4.89. The molecule has 5 nitrogen and oxygen atoms in total. The predicted molar refractivity (Wildman–Crippen MR) is 139 cm³/mol. The van der Waals surface area contributed by atoms with E-state index < -0.39 is 0 Å². The Hall–Kier alpha value is -0.720. The van der Waals surface area contributed by atoms with E-state index in [0.717, 1.165) is 58.0 Å². The fourth-order valence-electron chi connectivity index (χ4n) is 9.36. The van der Waals surface area contributed by atoms with Gasteiger partial charge in [0.1, 0.15) is 11.6 Å². The number of piperidine rings is 1. The summed E-state index contributed by atoms with van der Waals surface area (Å²) < 4.78 is 0. The Morgan fingerprint density at radius 3 is 2.57 bits per heavy atom. The van der Waals surface area contributed by atoms with E-state index in [-0.39, 0.29) is 39.7 Å². The van der Waals surface area contributed by atoms with Gasteiger partial charge in [0.15, 0.2) is 0 Å². The molecule has 4 aliphatic carbocycles. The smallest absolute Gasteiger partial charge is 0.202 e. The molecular weight excluding hydrogens is 458 g/mol. The molecule has 4 saturated carbocycles. The summed E-state index contributed by atoms with van der Waals surface area (Å²) in [4.78, 5) is 41.8. The zero-order valence-corrected chi connectivity index (χ0v) is 22.6. The zero-order chi connectivity index (χ0) is 24.8. The second kappa shape index (κ2) is 10.2. The van der Waals surface area contributed by atoms with Crippen molar-refractivity contribution in [2.75, 3.05) is 25.4 Å². The lowest BCUT2D eigenvalue weighted by Crippen LogP contribution is -2.58. The second-order valence-corrected chi connectivity index (χ2v) is 14.2. The van der Waals surface area contributed by atoms with E-state index >= 15 is 0 Å². The second-order valence-electron chi connectivity index (χ2n) is 13.0. The van der Waals surface area contributed by atoms with Gasteiger partial charge in [0.25, 0.3) is 0 Å². The van der Waals surface area contributed by atoms with Gasteiger partial charge in [-0.25, -0.2) is 0 Å². The molecule has 1 aliphatic heterocycles. The standard InChI is InChI=1S/C29H45NO4S/c1-28-12-10-20(31)16-19(28)6-7-21-22-8-9-23(29(22,2)17-25(33)27(21)28)24(32)11-15-35-26(34)18-30-13-4-3-5-14-30/h19-23,27,31H,3-18H2,1-2H3/t19-,20+,21-,22-,23+,27+,28-,29-/m0/s1. The number of carbonyl (C=O) groups excluding carboxylic acids is 3. The topological polar surface area (TPSA) is 74.7 Å². The van der Waals surface area contributed by atoms with Crippen molar-refractivity contribution >= 4 is 28.4 Å². The maximum absolute atomic E-state index is 13.8. The minimum Gasteiger partial charge on any atom is -0.393 e. The molecule has 0 aromatic heterocycles. The van der Waals surface area contributed by atoms with Gasteiger partial charge in [-0.3, -0.25) is 19.3 Å². The van der Waals surface area contributed by atoms with Crippen molar-refractivity contribution in [2.45, 2.75) is 97.0 Å². The summed E-state index contributed by atoms with van der Waals surface area (Å²) in [6, 6.07) is 0. The Bertz CT molecular complexity index is 841. The maximum atomic E-state index is 13.8. The van der Waals surface area contributed by atoms with Crippen LogP contribution in [-0.2, 0) is 14.4 Å². The van der Waals surface area contributed by atoms with E-state index in [4.69, 9.17) is 0 Å². The largest absolute Gasteiger partial charge is 0.393 e. The number of aliphatic hydroxyl groups is 1. The number of fused-ring (bicyclic) bond motifs is 5. The molecule has 6 heteroatoms. The summed E-state index contributed by atoms with van der Waals surface area (Å²) in [7, 11) is 0. The minimum absolute atomic E-state index is 0.0218. The van der Waals surface area contributed by atoms with Gasteiger partial charge in [0.05, 0.1) is 12.6 Å². The Morgan fingerprint density at radius 1 is 1.03 bits per heavy atom. The summed E-state index contributed by atoms with van der Waals surface area (Å²) in [6.45, 7) is 7.11. The fraction of sp³-hybridized carbons (Fsp3) is 0.897. The first kappa shape index (κ1) is 25.9. The first-order valence-electron chi connectivity index (χ1n) is 14.3. The maximum Gasteiger partial charge on any atom is 0.202 e. The number of carbonyl (C=O) groups is 3.